The Morgan fingerprint density at radius 1 is 1.13 bits per heavy atom. The van der Waals surface area contributed by atoms with Gasteiger partial charge in [0.25, 0.3) is 0 Å². The van der Waals surface area contributed by atoms with Gasteiger partial charge in [0, 0.05) is 0 Å². The van der Waals surface area contributed by atoms with Crippen LogP contribution in [0.3, 0.4) is 0 Å². The molecule has 1 aliphatic heterocycles. The molecule has 0 bridgehead atoms. The summed E-state index contributed by atoms with van der Waals surface area (Å²) in [7, 11) is 0. The van der Waals surface area contributed by atoms with Gasteiger partial charge in [-0.05, 0) is 50.9 Å². The predicted octanol–water partition coefficient (Wildman–Crippen LogP) is 2.63. The molecule has 1 fully saturated rings. The predicted molar refractivity (Wildman–Crippen MR) is 67.0 cm³/mol. The van der Waals surface area contributed by atoms with Crippen LogP contribution in [0, 0.1) is 5.41 Å². The molecule has 2 heteroatoms. The fraction of sp³-hybridized carbons (Fsp3) is 1.00. The Labute approximate surface area is 95.2 Å². The van der Waals surface area contributed by atoms with Gasteiger partial charge in [-0.1, -0.05) is 33.1 Å². The lowest BCUT2D eigenvalue weighted by Gasteiger charge is -2.38. The van der Waals surface area contributed by atoms with Crippen LogP contribution in [0.4, 0.5) is 0 Å². The second kappa shape index (κ2) is 6.49. The number of likely N-dealkylation sites (tertiary alicyclic amines) is 1. The van der Waals surface area contributed by atoms with Crippen LogP contribution in [-0.4, -0.2) is 31.1 Å². The normalized spacial score (nSPS) is 21.8. The van der Waals surface area contributed by atoms with Crippen molar-refractivity contribution >= 4 is 0 Å². The fourth-order valence-electron chi connectivity index (χ4n) is 2.28. The number of hydrogen-bond acceptors (Lipinski definition) is 2. The van der Waals surface area contributed by atoms with E-state index < -0.39 is 0 Å². The lowest BCUT2D eigenvalue weighted by Crippen LogP contribution is -2.42. The van der Waals surface area contributed by atoms with Crippen molar-refractivity contribution in [1.29, 1.82) is 0 Å². The fourth-order valence-corrected chi connectivity index (χ4v) is 2.28. The zero-order chi connectivity index (χ0) is 11.1. The van der Waals surface area contributed by atoms with Gasteiger partial charge in [0.15, 0.2) is 0 Å². The summed E-state index contributed by atoms with van der Waals surface area (Å²) in [6.45, 7) is 9.30. The largest absolute Gasteiger partial charge is 0.330 e. The molecule has 90 valence electrons. The number of piperidine rings is 1. The van der Waals surface area contributed by atoms with Crippen molar-refractivity contribution in [3.8, 4) is 0 Å². The maximum absolute atomic E-state index is 5.80. The van der Waals surface area contributed by atoms with Crippen LogP contribution in [0.5, 0.6) is 0 Å². The van der Waals surface area contributed by atoms with Crippen molar-refractivity contribution in [3.05, 3.63) is 0 Å². The van der Waals surface area contributed by atoms with Gasteiger partial charge < -0.3 is 10.6 Å². The van der Waals surface area contributed by atoms with E-state index in [1.165, 1.54) is 58.2 Å². The van der Waals surface area contributed by atoms with E-state index >= 15 is 0 Å². The molecule has 0 atom stereocenters. The maximum atomic E-state index is 5.80. The monoisotopic (exact) mass is 212 g/mol. The first-order chi connectivity index (χ1) is 7.20. The van der Waals surface area contributed by atoms with Crippen LogP contribution in [0.25, 0.3) is 0 Å². The Bertz CT molecular complexity index is 160. The number of rotatable bonds is 6. The first kappa shape index (κ1) is 13.0. The van der Waals surface area contributed by atoms with Gasteiger partial charge in [-0.15, -0.1) is 0 Å². The molecule has 1 heterocycles. The molecule has 0 aromatic rings. The number of nitrogens with zero attached hydrogens (tertiary/aromatic N) is 1. The molecule has 0 amide bonds. The van der Waals surface area contributed by atoms with Gasteiger partial charge >= 0.3 is 0 Å². The molecule has 0 aromatic heterocycles. The molecule has 0 spiro atoms. The van der Waals surface area contributed by atoms with Crippen molar-refractivity contribution in [2.45, 2.75) is 52.4 Å². The lowest BCUT2D eigenvalue weighted by molar-refractivity contribution is 0.123. The van der Waals surface area contributed by atoms with Gasteiger partial charge in [-0.3, -0.25) is 0 Å². The molecular weight excluding hydrogens is 184 g/mol. The Hall–Kier alpha value is -0.0800. The Balaban J connectivity index is 2.09. The minimum Gasteiger partial charge on any atom is -0.330 e. The Morgan fingerprint density at radius 3 is 2.33 bits per heavy atom. The Morgan fingerprint density at radius 2 is 1.80 bits per heavy atom. The first-order valence-electron chi connectivity index (χ1n) is 6.62. The molecule has 2 N–H and O–H groups in total. The van der Waals surface area contributed by atoms with E-state index in [0.717, 1.165) is 6.54 Å². The number of hydrogen-bond donors (Lipinski definition) is 1. The highest BCUT2D eigenvalue weighted by Crippen LogP contribution is 2.29. The smallest absolute Gasteiger partial charge is 0.00131 e. The Kier molecular flexibility index (Phi) is 5.62. The second-order valence-corrected chi connectivity index (χ2v) is 5.42. The van der Waals surface area contributed by atoms with E-state index in [1.807, 2.05) is 0 Å². The molecule has 0 aliphatic carbocycles. The van der Waals surface area contributed by atoms with Crippen LogP contribution in [0.15, 0.2) is 0 Å². The van der Waals surface area contributed by atoms with Crippen LogP contribution in [-0.2, 0) is 0 Å². The summed E-state index contributed by atoms with van der Waals surface area (Å²) in [6, 6.07) is 0. The SMILES string of the molecule is CCCCCCN1CCC(C)(CN)CC1. The third-order valence-electron chi connectivity index (χ3n) is 3.88. The third kappa shape index (κ3) is 4.52. The van der Waals surface area contributed by atoms with Crippen LogP contribution >= 0.6 is 0 Å². The number of nitrogens with two attached hydrogens (primary N) is 1. The summed E-state index contributed by atoms with van der Waals surface area (Å²) in [5, 5.41) is 0. The van der Waals surface area contributed by atoms with Gasteiger partial charge in [-0.2, -0.15) is 0 Å². The van der Waals surface area contributed by atoms with E-state index in [2.05, 4.69) is 18.7 Å². The van der Waals surface area contributed by atoms with E-state index in [9.17, 15) is 0 Å². The van der Waals surface area contributed by atoms with Gasteiger partial charge in [0.1, 0.15) is 0 Å². The lowest BCUT2D eigenvalue weighted by atomic mass is 9.80. The molecule has 0 radical (unpaired) electrons. The zero-order valence-corrected chi connectivity index (χ0v) is 10.6. The average Bonchev–Trinajstić information content (AvgIpc) is 2.27. The third-order valence-corrected chi connectivity index (χ3v) is 3.88. The highest BCUT2D eigenvalue weighted by Gasteiger charge is 2.27. The van der Waals surface area contributed by atoms with Crippen molar-refractivity contribution in [1.82, 2.24) is 4.90 Å². The summed E-state index contributed by atoms with van der Waals surface area (Å²) in [6.07, 6.45) is 8.10. The summed E-state index contributed by atoms with van der Waals surface area (Å²) >= 11 is 0. The quantitative estimate of drug-likeness (QED) is 0.686. The maximum Gasteiger partial charge on any atom is -0.00131 e. The second-order valence-electron chi connectivity index (χ2n) is 5.42. The minimum atomic E-state index is 0.430. The summed E-state index contributed by atoms with van der Waals surface area (Å²) in [4.78, 5) is 2.62. The topological polar surface area (TPSA) is 29.3 Å². The van der Waals surface area contributed by atoms with Gasteiger partial charge in [0.2, 0.25) is 0 Å². The molecule has 1 rings (SSSR count). The van der Waals surface area contributed by atoms with E-state index in [-0.39, 0.29) is 0 Å². The number of unbranched alkanes of at least 4 members (excludes halogenated alkanes) is 3. The van der Waals surface area contributed by atoms with Crippen molar-refractivity contribution < 1.29 is 0 Å². The van der Waals surface area contributed by atoms with Crippen LogP contribution in [0.1, 0.15) is 52.4 Å². The van der Waals surface area contributed by atoms with Crippen LogP contribution in [0.2, 0.25) is 0 Å². The molecule has 0 aromatic carbocycles. The van der Waals surface area contributed by atoms with Gasteiger partial charge in [0.05, 0.1) is 0 Å². The van der Waals surface area contributed by atoms with Gasteiger partial charge in [-0.25, -0.2) is 0 Å². The summed E-state index contributed by atoms with van der Waals surface area (Å²) < 4.78 is 0. The molecular formula is C13H28N2. The first-order valence-corrected chi connectivity index (χ1v) is 6.62. The zero-order valence-electron chi connectivity index (χ0n) is 10.6. The van der Waals surface area contributed by atoms with Crippen molar-refractivity contribution in [3.63, 3.8) is 0 Å². The molecule has 1 aliphatic rings. The highest BCUT2D eigenvalue weighted by molar-refractivity contribution is 4.82. The minimum absolute atomic E-state index is 0.430. The summed E-state index contributed by atoms with van der Waals surface area (Å²) in [5.41, 5.74) is 6.23. The molecule has 0 saturated carbocycles. The van der Waals surface area contributed by atoms with Crippen molar-refractivity contribution in [2.75, 3.05) is 26.2 Å². The summed E-state index contributed by atoms with van der Waals surface area (Å²) in [5.74, 6) is 0. The van der Waals surface area contributed by atoms with Crippen molar-refractivity contribution in [2.24, 2.45) is 11.1 Å². The van der Waals surface area contributed by atoms with E-state index in [1.54, 1.807) is 0 Å². The van der Waals surface area contributed by atoms with E-state index in [0.29, 0.717) is 5.41 Å². The average molecular weight is 212 g/mol. The molecule has 2 nitrogen and oxygen atoms in total. The standard InChI is InChI=1S/C13H28N2/c1-3-4-5-6-9-15-10-7-13(2,12-14)8-11-15/h3-12,14H2,1-2H3. The van der Waals surface area contributed by atoms with Crippen LogP contribution < -0.4 is 5.73 Å². The molecule has 1 saturated heterocycles. The van der Waals surface area contributed by atoms with E-state index in [4.69, 9.17) is 5.73 Å². The molecule has 0 unspecified atom stereocenters. The molecule has 15 heavy (non-hydrogen) atoms. The highest BCUT2D eigenvalue weighted by atomic mass is 15.1.